The summed E-state index contributed by atoms with van der Waals surface area (Å²) in [6.07, 6.45) is 1.11. The molecule has 3 rings (SSSR count). The molecule has 26 heavy (non-hydrogen) atoms. The van der Waals surface area contributed by atoms with Crippen molar-refractivity contribution in [1.82, 2.24) is 10.2 Å². The number of rotatable bonds is 5. The monoisotopic (exact) mass is 358 g/mol. The van der Waals surface area contributed by atoms with Crippen LogP contribution in [0.3, 0.4) is 0 Å². The van der Waals surface area contributed by atoms with Gasteiger partial charge in [0.15, 0.2) is 0 Å². The standard InChI is InChI=1S/C20H20F2N2O2/c1-24-18(8-9-19(24)25)20(26)23-17(14-5-3-7-16(22)12-14)11-13-4-2-6-15(21)10-13/h2-7,10,12,17-18H,8-9,11H2,1H3,(H,23,26)/t17-,18+/m1/s1. The van der Waals surface area contributed by atoms with Crippen LogP contribution in [0.25, 0.3) is 0 Å². The highest BCUT2D eigenvalue weighted by Crippen LogP contribution is 2.22. The van der Waals surface area contributed by atoms with Gasteiger partial charge in [-0.2, -0.15) is 0 Å². The summed E-state index contributed by atoms with van der Waals surface area (Å²) in [4.78, 5) is 25.8. The number of carbonyl (C=O) groups excluding carboxylic acids is 2. The molecule has 1 saturated heterocycles. The summed E-state index contributed by atoms with van der Waals surface area (Å²) in [6.45, 7) is 0. The molecule has 2 aromatic rings. The van der Waals surface area contributed by atoms with Gasteiger partial charge in [0.05, 0.1) is 6.04 Å². The molecule has 0 bridgehead atoms. The molecule has 0 radical (unpaired) electrons. The van der Waals surface area contributed by atoms with E-state index in [4.69, 9.17) is 0 Å². The van der Waals surface area contributed by atoms with Crippen molar-refractivity contribution in [2.45, 2.75) is 31.3 Å². The lowest BCUT2D eigenvalue weighted by Gasteiger charge is -2.24. The fraction of sp³-hybridized carbons (Fsp3) is 0.300. The first-order valence-corrected chi connectivity index (χ1v) is 8.50. The lowest BCUT2D eigenvalue weighted by Crippen LogP contribution is -2.44. The van der Waals surface area contributed by atoms with E-state index in [1.165, 1.54) is 29.2 Å². The Morgan fingerprint density at radius 2 is 1.88 bits per heavy atom. The van der Waals surface area contributed by atoms with E-state index in [0.717, 1.165) is 0 Å². The molecule has 1 fully saturated rings. The Kier molecular flexibility index (Phi) is 5.30. The van der Waals surface area contributed by atoms with Crippen LogP contribution in [0.4, 0.5) is 8.78 Å². The van der Waals surface area contributed by atoms with E-state index >= 15 is 0 Å². The smallest absolute Gasteiger partial charge is 0.243 e. The lowest BCUT2D eigenvalue weighted by molar-refractivity contribution is -0.134. The first kappa shape index (κ1) is 18.0. The van der Waals surface area contributed by atoms with Crippen LogP contribution >= 0.6 is 0 Å². The topological polar surface area (TPSA) is 49.4 Å². The highest BCUT2D eigenvalue weighted by molar-refractivity contribution is 5.90. The summed E-state index contributed by atoms with van der Waals surface area (Å²) in [6, 6.07) is 11.0. The maximum Gasteiger partial charge on any atom is 0.243 e. The Morgan fingerprint density at radius 1 is 1.19 bits per heavy atom. The number of benzene rings is 2. The lowest BCUT2D eigenvalue weighted by atomic mass is 9.98. The highest BCUT2D eigenvalue weighted by Gasteiger charge is 2.34. The van der Waals surface area contributed by atoms with E-state index in [0.29, 0.717) is 30.4 Å². The first-order valence-electron chi connectivity index (χ1n) is 8.50. The molecule has 1 N–H and O–H groups in total. The van der Waals surface area contributed by atoms with E-state index < -0.39 is 17.9 Å². The van der Waals surface area contributed by atoms with Crippen LogP contribution in [0, 0.1) is 11.6 Å². The SMILES string of the molecule is CN1C(=O)CC[C@H]1C(=O)N[C@H](Cc1cccc(F)c1)c1cccc(F)c1. The average Bonchev–Trinajstić information content (AvgIpc) is 2.93. The maximum atomic E-state index is 13.7. The molecule has 0 aliphatic carbocycles. The quantitative estimate of drug-likeness (QED) is 0.893. The third-order valence-electron chi connectivity index (χ3n) is 4.69. The minimum absolute atomic E-state index is 0.0717. The fourth-order valence-electron chi connectivity index (χ4n) is 3.25. The van der Waals surface area contributed by atoms with Crippen molar-refractivity contribution in [1.29, 1.82) is 0 Å². The highest BCUT2D eigenvalue weighted by atomic mass is 19.1. The number of halogens is 2. The molecular formula is C20H20F2N2O2. The second kappa shape index (κ2) is 7.64. The van der Waals surface area contributed by atoms with Gasteiger partial charge in [0, 0.05) is 13.5 Å². The molecule has 0 unspecified atom stereocenters. The predicted octanol–water partition coefficient (Wildman–Crippen LogP) is 2.99. The maximum absolute atomic E-state index is 13.7. The van der Waals surface area contributed by atoms with Crippen molar-refractivity contribution >= 4 is 11.8 Å². The van der Waals surface area contributed by atoms with Gasteiger partial charge in [-0.25, -0.2) is 8.78 Å². The van der Waals surface area contributed by atoms with Crippen molar-refractivity contribution in [2.24, 2.45) is 0 Å². The summed E-state index contributed by atoms with van der Waals surface area (Å²) < 4.78 is 27.2. The van der Waals surface area contributed by atoms with Gasteiger partial charge < -0.3 is 10.2 Å². The molecule has 0 spiro atoms. The summed E-state index contributed by atoms with van der Waals surface area (Å²) in [5, 5.41) is 2.90. The van der Waals surface area contributed by atoms with E-state index in [1.807, 2.05) is 0 Å². The van der Waals surface area contributed by atoms with Crippen molar-refractivity contribution in [3.8, 4) is 0 Å². The molecule has 4 nitrogen and oxygen atoms in total. The first-order chi connectivity index (χ1) is 12.4. The van der Waals surface area contributed by atoms with E-state index in [9.17, 15) is 18.4 Å². The van der Waals surface area contributed by atoms with Gasteiger partial charge in [-0.3, -0.25) is 9.59 Å². The van der Waals surface area contributed by atoms with Crippen molar-refractivity contribution in [3.63, 3.8) is 0 Å². The van der Waals surface area contributed by atoms with Crippen molar-refractivity contribution < 1.29 is 18.4 Å². The van der Waals surface area contributed by atoms with Gasteiger partial charge in [-0.1, -0.05) is 24.3 Å². The summed E-state index contributed by atoms with van der Waals surface area (Å²) in [5.41, 5.74) is 1.28. The molecule has 2 aromatic carbocycles. The zero-order valence-corrected chi connectivity index (χ0v) is 14.4. The number of hydrogen-bond donors (Lipinski definition) is 1. The Balaban J connectivity index is 1.83. The van der Waals surface area contributed by atoms with Crippen LogP contribution in [-0.2, 0) is 16.0 Å². The molecule has 136 valence electrons. The molecule has 2 atom stereocenters. The van der Waals surface area contributed by atoms with Crippen LogP contribution in [0.15, 0.2) is 48.5 Å². The third kappa shape index (κ3) is 4.07. The van der Waals surface area contributed by atoms with Gasteiger partial charge in [0.2, 0.25) is 11.8 Å². The van der Waals surface area contributed by atoms with Crippen LogP contribution in [0.2, 0.25) is 0 Å². The Bertz CT molecular complexity index is 825. The Morgan fingerprint density at radius 3 is 2.50 bits per heavy atom. The zero-order chi connectivity index (χ0) is 18.7. The minimum Gasteiger partial charge on any atom is -0.347 e. The minimum atomic E-state index is -0.536. The van der Waals surface area contributed by atoms with E-state index in [2.05, 4.69) is 5.32 Å². The van der Waals surface area contributed by atoms with Gasteiger partial charge in [-0.15, -0.1) is 0 Å². The van der Waals surface area contributed by atoms with E-state index in [1.54, 1.807) is 31.3 Å². The van der Waals surface area contributed by atoms with Crippen molar-refractivity contribution in [3.05, 3.63) is 71.3 Å². The van der Waals surface area contributed by atoms with Crippen LogP contribution in [0.1, 0.15) is 30.0 Å². The normalized spacial score (nSPS) is 18.0. The largest absolute Gasteiger partial charge is 0.347 e. The molecule has 6 heteroatoms. The molecular weight excluding hydrogens is 338 g/mol. The number of carbonyl (C=O) groups is 2. The summed E-state index contributed by atoms with van der Waals surface area (Å²) in [7, 11) is 1.60. The van der Waals surface area contributed by atoms with Crippen LogP contribution in [0.5, 0.6) is 0 Å². The third-order valence-corrected chi connectivity index (χ3v) is 4.69. The zero-order valence-electron chi connectivity index (χ0n) is 14.4. The van der Waals surface area contributed by atoms with Gasteiger partial charge in [-0.05, 0) is 48.2 Å². The number of nitrogens with one attached hydrogen (secondary N) is 1. The van der Waals surface area contributed by atoms with Crippen molar-refractivity contribution in [2.75, 3.05) is 7.05 Å². The summed E-state index contributed by atoms with van der Waals surface area (Å²) in [5.74, 6) is -1.14. The molecule has 1 heterocycles. The molecule has 1 aliphatic rings. The van der Waals surface area contributed by atoms with Crippen LogP contribution in [-0.4, -0.2) is 29.8 Å². The Labute approximate surface area is 150 Å². The number of nitrogens with zero attached hydrogens (tertiary/aromatic N) is 1. The molecule has 2 amide bonds. The molecule has 1 aliphatic heterocycles. The van der Waals surface area contributed by atoms with Crippen LogP contribution < -0.4 is 5.32 Å². The number of hydrogen-bond acceptors (Lipinski definition) is 2. The number of amides is 2. The predicted molar refractivity (Wildman–Crippen MR) is 93.2 cm³/mol. The summed E-state index contributed by atoms with van der Waals surface area (Å²) >= 11 is 0. The van der Waals surface area contributed by atoms with E-state index in [-0.39, 0.29) is 17.6 Å². The fourth-order valence-corrected chi connectivity index (χ4v) is 3.25. The van der Waals surface area contributed by atoms with Gasteiger partial charge in [0.25, 0.3) is 0 Å². The second-order valence-corrected chi connectivity index (χ2v) is 6.51. The average molecular weight is 358 g/mol. The second-order valence-electron chi connectivity index (χ2n) is 6.51. The van der Waals surface area contributed by atoms with Gasteiger partial charge >= 0.3 is 0 Å². The number of likely N-dealkylation sites (tertiary alicyclic amines) is 1. The van der Waals surface area contributed by atoms with Gasteiger partial charge in [0.1, 0.15) is 17.7 Å². The molecule has 0 aromatic heterocycles. The molecule has 0 saturated carbocycles. The number of likely N-dealkylation sites (N-methyl/N-ethyl adjacent to an activating group) is 1. The Hall–Kier alpha value is -2.76.